The van der Waals surface area contributed by atoms with Gasteiger partial charge < -0.3 is 4.74 Å². The van der Waals surface area contributed by atoms with E-state index in [-0.39, 0.29) is 12.6 Å². The van der Waals surface area contributed by atoms with Crippen molar-refractivity contribution in [2.45, 2.75) is 12.5 Å². The lowest BCUT2D eigenvalue weighted by Gasteiger charge is -2.29. The average Bonchev–Trinajstić information content (AvgIpc) is 2.80. The van der Waals surface area contributed by atoms with Crippen LogP contribution in [0.4, 0.5) is 0 Å². The normalized spacial score (nSPS) is 27.9. The highest BCUT2D eigenvalue weighted by molar-refractivity contribution is 7.86. The maximum absolute atomic E-state index is 12.2. The summed E-state index contributed by atoms with van der Waals surface area (Å²) in [5, 5.41) is 3.56. The molecule has 0 bridgehead atoms. The van der Waals surface area contributed by atoms with E-state index in [2.05, 4.69) is 10.0 Å². The smallest absolute Gasteiger partial charge is 0.282 e. The van der Waals surface area contributed by atoms with E-state index in [1.807, 2.05) is 0 Å². The largest absolute Gasteiger partial charge is 0.379 e. The van der Waals surface area contributed by atoms with Crippen LogP contribution in [0.25, 0.3) is 10.4 Å². The Morgan fingerprint density at radius 3 is 2.59 bits per heavy atom. The lowest BCUT2D eigenvalue weighted by molar-refractivity contribution is 0.0706. The molecule has 2 saturated heterocycles. The summed E-state index contributed by atoms with van der Waals surface area (Å²) in [6.07, 6.45) is 0.591. The van der Waals surface area contributed by atoms with Gasteiger partial charge in [-0.25, -0.2) is 0 Å². The first-order chi connectivity index (χ1) is 8.14. The number of ether oxygens (including phenoxy) is 1. The Bertz CT molecular complexity index is 413. The summed E-state index contributed by atoms with van der Waals surface area (Å²) >= 11 is 0. The van der Waals surface area contributed by atoms with Crippen LogP contribution in [-0.4, -0.2) is 62.5 Å². The quantitative estimate of drug-likeness (QED) is 0.404. The van der Waals surface area contributed by atoms with E-state index in [1.165, 1.54) is 8.61 Å². The Balaban J connectivity index is 2.03. The molecule has 8 nitrogen and oxygen atoms in total. The molecule has 2 heterocycles. The minimum Gasteiger partial charge on any atom is -0.379 e. The fourth-order valence-electron chi connectivity index (χ4n) is 2.03. The summed E-state index contributed by atoms with van der Waals surface area (Å²) in [4.78, 5) is 2.72. The third-order valence-corrected chi connectivity index (χ3v) is 4.97. The van der Waals surface area contributed by atoms with Crippen LogP contribution in [0.3, 0.4) is 0 Å². The van der Waals surface area contributed by atoms with Crippen LogP contribution in [0.15, 0.2) is 5.11 Å². The molecule has 1 atom stereocenters. The van der Waals surface area contributed by atoms with Crippen LogP contribution in [-0.2, 0) is 14.9 Å². The van der Waals surface area contributed by atoms with Crippen molar-refractivity contribution in [1.82, 2.24) is 8.61 Å². The monoisotopic (exact) mass is 261 g/mol. The highest BCUT2D eigenvalue weighted by Crippen LogP contribution is 2.19. The van der Waals surface area contributed by atoms with Crippen molar-refractivity contribution in [2.75, 3.05) is 39.4 Å². The van der Waals surface area contributed by atoms with Gasteiger partial charge in [0.05, 0.1) is 19.3 Å². The summed E-state index contributed by atoms with van der Waals surface area (Å²) < 4.78 is 32.3. The van der Waals surface area contributed by atoms with Gasteiger partial charge in [-0.15, -0.1) is 0 Å². The number of azide groups is 1. The SMILES string of the molecule is [N-]=[N+]=NC1CCN(S(=O)(=O)N2CCOCC2)C1. The standard InChI is InChI=1S/C8H15N5O3S/c9-11-10-8-1-2-13(7-8)17(14,15)12-3-5-16-6-4-12/h8H,1-7H2. The Labute approximate surface area is 99.9 Å². The molecule has 2 aliphatic rings. The molecule has 1 unspecified atom stereocenters. The van der Waals surface area contributed by atoms with Gasteiger partial charge in [-0.2, -0.15) is 17.0 Å². The Kier molecular flexibility index (Phi) is 3.85. The summed E-state index contributed by atoms with van der Waals surface area (Å²) in [5.41, 5.74) is 8.33. The molecule has 0 N–H and O–H groups in total. The molecule has 2 aliphatic heterocycles. The highest BCUT2D eigenvalue weighted by atomic mass is 32.2. The second-order valence-corrected chi connectivity index (χ2v) is 5.95. The van der Waals surface area contributed by atoms with Gasteiger partial charge in [-0.05, 0) is 12.0 Å². The summed E-state index contributed by atoms with van der Waals surface area (Å²) in [5.74, 6) is 0. The second kappa shape index (κ2) is 5.19. The maximum Gasteiger partial charge on any atom is 0.282 e. The Hall–Kier alpha value is -0.860. The minimum absolute atomic E-state index is 0.240. The molecule has 9 heteroatoms. The third-order valence-electron chi connectivity index (χ3n) is 2.96. The van der Waals surface area contributed by atoms with E-state index in [9.17, 15) is 8.42 Å². The van der Waals surface area contributed by atoms with Crippen LogP contribution >= 0.6 is 0 Å². The maximum atomic E-state index is 12.2. The first-order valence-electron chi connectivity index (χ1n) is 5.52. The molecule has 0 spiro atoms. The van der Waals surface area contributed by atoms with Gasteiger partial charge in [0.1, 0.15) is 0 Å². The summed E-state index contributed by atoms with van der Waals surface area (Å²) in [7, 11) is -3.41. The van der Waals surface area contributed by atoms with Gasteiger partial charge in [-0.3, -0.25) is 0 Å². The topological polar surface area (TPSA) is 98.6 Å². The fourth-order valence-corrected chi connectivity index (χ4v) is 3.66. The van der Waals surface area contributed by atoms with Gasteiger partial charge in [-0.1, -0.05) is 5.11 Å². The van der Waals surface area contributed by atoms with Gasteiger partial charge in [0, 0.05) is 31.1 Å². The number of nitrogens with zero attached hydrogens (tertiary/aromatic N) is 5. The molecule has 96 valence electrons. The van der Waals surface area contributed by atoms with Crippen LogP contribution in [0.2, 0.25) is 0 Å². The van der Waals surface area contributed by atoms with E-state index in [0.717, 1.165) is 0 Å². The molecule has 17 heavy (non-hydrogen) atoms. The minimum atomic E-state index is -3.41. The van der Waals surface area contributed by atoms with Gasteiger partial charge in [0.25, 0.3) is 10.2 Å². The number of hydrogen-bond acceptors (Lipinski definition) is 4. The molecule has 0 aromatic heterocycles. The van der Waals surface area contributed by atoms with Gasteiger partial charge in [0.15, 0.2) is 0 Å². The highest BCUT2D eigenvalue weighted by Gasteiger charge is 2.35. The molecular weight excluding hydrogens is 246 g/mol. The first kappa shape index (κ1) is 12.6. The Morgan fingerprint density at radius 1 is 1.24 bits per heavy atom. The average molecular weight is 261 g/mol. The van der Waals surface area contributed by atoms with E-state index < -0.39 is 10.2 Å². The zero-order valence-corrected chi connectivity index (χ0v) is 10.2. The predicted octanol–water partition coefficient (Wildman–Crippen LogP) is -0.0520. The molecule has 0 aliphatic carbocycles. The van der Waals surface area contributed by atoms with Crippen molar-refractivity contribution in [2.24, 2.45) is 5.11 Å². The number of rotatable bonds is 3. The predicted molar refractivity (Wildman–Crippen MR) is 60.4 cm³/mol. The fraction of sp³-hybridized carbons (Fsp3) is 1.00. The van der Waals surface area contributed by atoms with Crippen LogP contribution in [0.5, 0.6) is 0 Å². The zero-order valence-electron chi connectivity index (χ0n) is 9.40. The number of morpholine rings is 1. The van der Waals surface area contributed by atoms with E-state index in [4.69, 9.17) is 10.3 Å². The lowest BCUT2D eigenvalue weighted by Crippen LogP contribution is -2.47. The van der Waals surface area contributed by atoms with E-state index in [1.54, 1.807) is 0 Å². The molecule has 0 aromatic rings. The zero-order chi connectivity index (χ0) is 12.3. The molecule has 0 saturated carbocycles. The summed E-state index contributed by atoms with van der Waals surface area (Å²) in [6, 6.07) is -0.240. The van der Waals surface area contributed by atoms with Crippen LogP contribution in [0.1, 0.15) is 6.42 Å². The van der Waals surface area contributed by atoms with Gasteiger partial charge in [0.2, 0.25) is 0 Å². The molecule has 0 radical (unpaired) electrons. The lowest BCUT2D eigenvalue weighted by atomic mass is 10.3. The van der Waals surface area contributed by atoms with Crippen LogP contribution in [0, 0.1) is 0 Å². The third kappa shape index (κ3) is 2.70. The van der Waals surface area contributed by atoms with Crippen molar-refractivity contribution in [3.63, 3.8) is 0 Å². The van der Waals surface area contributed by atoms with E-state index >= 15 is 0 Å². The van der Waals surface area contributed by atoms with Crippen molar-refractivity contribution in [1.29, 1.82) is 0 Å². The molecular formula is C8H15N5O3S. The molecule has 2 fully saturated rings. The van der Waals surface area contributed by atoms with Gasteiger partial charge >= 0.3 is 0 Å². The molecule has 2 rings (SSSR count). The second-order valence-electron chi connectivity index (χ2n) is 4.02. The van der Waals surface area contributed by atoms with Crippen molar-refractivity contribution < 1.29 is 13.2 Å². The van der Waals surface area contributed by atoms with Crippen LogP contribution < -0.4 is 0 Å². The van der Waals surface area contributed by atoms with Crippen molar-refractivity contribution in [3.05, 3.63) is 10.4 Å². The molecule has 0 amide bonds. The Morgan fingerprint density at radius 2 is 1.94 bits per heavy atom. The molecule has 0 aromatic carbocycles. The van der Waals surface area contributed by atoms with Crippen molar-refractivity contribution in [3.8, 4) is 0 Å². The van der Waals surface area contributed by atoms with Crippen molar-refractivity contribution >= 4 is 10.2 Å². The van der Waals surface area contributed by atoms with E-state index in [0.29, 0.717) is 39.3 Å². The first-order valence-corrected chi connectivity index (χ1v) is 6.91. The number of hydrogen-bond donors (Lipinski definition) is 0. The summed E-state index contributed by atoms with van der Waals surface area (Å²) in [6.45, 7) is 2.36.